The number of rotatable bonds is 8. The maximum absolute atomic E-state index is 5.41. The Morgan fingerprint density at radius 2 is 1.96 bits per heavy atom. The van der Waals surface area contributed by atoms with E-state index in [-0.39, 0.29) is 24.0 Å². The average molecular weight is 474 g/mol. The molecule has 26 heavy (non-hydrogen) atoms. The van der Waals surface area contributed by atoms with Gasteiger partial charge >= 0.3 is 0 Å². The Kier molecular flexibility index (Phi) is 11.7. The molecular formula is C20H35IN4O. The van der Waals surface area contributed by atoms with Crippen LogP contribution in [0.4, 0.5) is 0 Å². The third-order valence-electron chi connectivity index (χ3n) is 4.87. The SMILES string of the molecule is CCNC(=NCCC1CCN(C)CC1)NCCc1ccccc1OC.I. The maximum atomic E-state index is 5.41. The molecule has 0 unspecified atom stereocenters. The standard InChI is InChI=1S/C20H34N4O.HI/c1-4-21-20(22-13-9-17-11-15-24(2)16-12-17)23-14-10-18-7-5-6-8-19(18)25-3;/h5-8,17H,4,9-16H2,1-3H3,(H2,21,22,23);1H. The molecule has 1 aromatic rings. The van der Waals surface area contributed by atoms with E-state index in [0.29, 0.717) is 0 Å². The van der Waals surface area contributed by atoms with Gasteiger partial charge in [-0.2, -0.15) is 0 Å². The first-order chi connectivity index (χ1) is 12.2. The number of para-hydroxylation sites is 1. The Labute approximate surface area is 176 Å². The van der Waals surface area contributed by atoms with Crippen LogP contribution in [-0.4, -0.2) is 57.7 Å². The minimum absolute atomic E-state index is 0. The van der Waals surface area contributed by atoms with E-state index >= 15 is 0 Å². The molecule has 1 fully saturated rings. The van der Waals surface area contributed by atoms with E-state index in [1.165, 1.54) is 37.9 Å². The van der Waals surface area contributed by atoms with Gasteiger partial charge in [0.15, 0.2) is 5.96 Å². The number of methoxy groups -OCH3 is 1. The highest BCUT2D eigenvalue weighted by molar-refractivity contribution is 14.0. The van der Waals surface area contributed by atoms with E-state index in [1.807, 2.05) is 12.1 Å². The van der Waals surface area contributed by atoms with E-state index in [9.17, 15) is 0 Å². The summed E-state index contributed by atoms with van der Waals surface area (Å²) in [5, 5.41) is 6.78. The number of hydrogen-bond acceptors (Lipinski definition) is 3. The van der Waals surface area contributed by atoms with Crippen molar-refractivity contribution in [2.75, 3.05) is 46.9 Å². The molecule has 6 heteroatoms. The quantitative estimate of drug-likeness (QED) is 0.346. The summed E-state index contributed by atoms with van der Waals surface area (Å²) in [4.78, 5) is 7.17. The fourth-order valence-electron chi connectivity index (χ4n) is 3.28. The number of nitrogens with zero attached hydrogens (tertiary/aromatic N) is 2. The van der Waals surface area contributed by atoms with Crippen molar-refractivity contribution >= 4 is 29.9 Å². The van der Waals surface area contributed by atoms with E-state index in [1.54, 1.807) is 7.11 Å². The predicted molar refractivity (Wildman–Crippen MR) is 121 cm³/mol. The third-order valence-corrected chi connectivity index (χ3v) is 4.87. The summed E-state index contributed by atoms with van der Waals surface area (Å²) in [7, 11) is 3.93. The van der Waals surface area contributed by atoms with Crippen LogP contribution in [0, 0.1) is 5.92 Å². The zero-order chi connectivity index (χ0) is 17.9. The summed E-state index contributed by atoms with van der Waals surface area (Å²) in [6, 6.07) is 8.18. The molecule has 0 spiro atoms. The topological polar surface area (TPSA) is 48.9 Å². The summed E-state index contributed by atoms with van der Waals surface area (Å²) in [5.41, 5.74) is 1.22. The second-order valence-electron chi connectivity index (χ2n) is 6.78. The van der Waals surface area contributed by atoms with Crippen LogP contribution in [-0.2, 0) is 6.42 Å². The predicted octanol–water partition coefficient (Wildman–Crippen LogP) is 3.14. The molecule has 1 heterocycles. The molecule has 0 atom stereocenters. The van der Waals surface area contributed by atoms with Gasteiger partial charge in [-0.05, 0) is 70.3 Å². The van der Waals surface area contributed by atoms with Crippen molar-refractivity contribution in [2.24, 2.45) is 10.9 Å². The number of guanidine groups is 1. The second-order valence-corrected chi connectivity index (χ2v) is 6.78. The molecule has 1 aliphatic heterocycles. The molecule has 1 aliphatic rings. The molecular weight excluding hydrogens is 439 g/mol. The number of piperidine rings is 1. The summed E-state index contributed by atoms with van der Waals surface area (Å²) < 4.78 is 5.41. The number of halogens is 1. The van der Waals surface area contributed by atoms with Crippen LogP contribution in [0.1, 0.15) is 31.7 Å². The van der Waals surface area contributed by atoms with Crippen molar-refractivity contribution in [1.29, 1.82) is 0 Å². The van der Waals surface area contributed by atoms with E-state index < -0.39 is 0 Å². The van der Waals surface area contributed by atoms with Gasteiger partial charge in [-0.3, -0.25) is 4.99 Å². The maximum Gasteiger partial charge on any atom is 0.191 e. The second kappa shape index (κ2) is 13.2. The third kappa shape index (κ3) is 8.12. The normalized spacial score (nSPS) is 16.0. The lowest BCUT2D eigenvalue weighted by atomic mass is 9.94. The Morgan fingerprint density at radius 1 is 1.23 bits per heavy atom. The number of aliphatic imine (C=N–C) groups is 1. The summed E-state index contributed by atoms with van der Waals surface area (Å²) in [5.74, 6) is 2.70. The summed E-state index contributed by atoms with van der Waals surface area (Å²) >= 11 is 0. The van der Waals surface area contributed by atoms with Crippen LogP contribution in [0.2, 0.25) is 0 Å². The smallest absolute Gasteiger partial charge is 0.191 e. The molecule has 2 N–H and O–H groups in total. The molecule has 0 saturated carbocycles. The van der Waals surface area contributed by atoms with Crippen molar-refractivity contribution < 1.29 is 4.74 Å². The molecule has 2 rings (SSSR count). The van der Waals surface area contributed by atoms with Crippen LogP contribution < -0.4 is 15.4 Å². The average Bonchev–Trinajstić information content (AvgIpc) is 2.64. The van der Waals surface area contributed by atoms with Gasteiger partial charge in [-0.25, -0.2) is 0 Å². The number of nitrogens with one attached hydrogen (secondary N) is 2. The fraction of sp³-hybridized carbons (Fsp3) is 0.650. The fourth-order valence-corrected chi connectivity index (χ4v) is 3.28. The highest BCUT2D eigenvalue weighted by Crippen LogP contribution is 2.19. The molecule has 1 aromatic carbocycles. The number of benzene rings is 1. The van der Waals surface area contributed by atoms with Gasteiger partial charge in [0.25, 0.3) is 0 Å². The van der Waals surface area contributed by atoms with Gasteiger partial charge in [0.05, 0.1) is 7.11 Å². The molecule has 0 radical (unpaired) electrons. The molecule has 0 amide bonds. The van der Waals surface area contributed by atoms with Crippen LogP contribution >= 0.6 is 24.0 Å². The summed E-state index contributed by atoms with van der Waals surface area (Å²) in [6.45, 7) is 7.19. The molecule has 1 saturated heterocycles. The highest BCUT2D eigenvalue weighted by atomic mass is 127. The van der Waals surface area contributed by atoms with Gasteiger partial charge < -0.3 is 20.3 Å². The lowest BCUT2D eigenvalue weighted by molar-refractivity contribution is 0.214. The molecule has 0 aromatic heterocycles. The Balaban J connectivity index is 0.00000338. The lowest BCUT2D eigenvalue weighted by Gasteiger charge is -2.28. The minimum Gasteiger partial charge on any atom is -0.496 e. The van der Waals surface area contributed by atoms with Crippen molar-refractivity contribution in [3.63, 3.8) is 0 Å². The van der Waals surface area contributed by atoms with Gasteiger partial charge in [-0.15, -0.1) is 24.0 Å². The van der Waals surface area contributed by atoms with Gasteiger partial charge in [0, 0.05) is 19.6 Å². The first kappa shape index (κ1) is 23.0. The zero-order valence-electron chi connectivity index (χ0n) is 16.5. The molecule has 5 nitrogen and oxygen atoms in total. The lowest BCUT2D eigenvalue weighted by Crippen LogP contribution is -2.38. The summed E-state index contributed by atoms with van der Waals surface area (Å²) in [6.07, 6.45) is 4.73. The monoisotopic (exact) mass is 474 g/mol. The van der Waals surface area contributed by atoms with E-state index in [4.69, 9.17) is 9.73 Å². The largest absolute Gasteiger partial charge is 0.496 e. The van der Waals surface area contributed by atoms with E-state index in [2.05, 4.69) is 41.6 Å². The number of hydrogen-bond donors (Lipinski definition) is 2. The molecule has 0 bridgehead atoms. The Hall–Kier alpha value is -1.02. The Bertz CT molecular complexity index is 530. The van der Waals surface area contributed by atoms with Crippen LogP contribution in [0.3, 0.4) is 0 Å². The molecule has 148 valence electrons. The van der Waals surface area contributed by atoms with Crippen molar-refractivity contribution in [3.8, 4) is 5.75 Å². The number of likely N-dealkylation sites (tertiary alicyclic amines) is 1. The van der Waals surface area contributed by atoms with Crippen LogP contribution in [0.25, 0.3) is 0 Å². The van der Waals surface area contributed by atoms with Crippen molar-refractivity contribution in [3.05, 3.63) is 29.8 Å². The number of ether oxygens (including phenoxy) is 1. The van der Waals surface area contributed by atoms with Crippen molar-refractivity contribution in [1.82, 2.24) is 15.5 Å². The first-order valence-electron chi connectivity index (χ1n) is 9.55. The first-order valence-corrected chi connectivity index (χ1v) is 9.55. The van der Waals surface area contributed by atoms with Crippen LogP contribution in [0.15, 0.2) is 29.3 Å². The van der Waals surface area contributed by atoms with Gasteiger partial charge in [0.2, 0.25) is 0 Å². The van der Waals surface area contributed by atoms with Gasteiger partial charge in [-0.1, -0.05) is 18.2 Å². The Morgan fingerprint density at radius 3 is 2.65 bits per heavy atom. The molecule has 0 aliphatic carbocycles. The zero-order valence-corrected chi connectivity index (χ0v) is 18.8. The van der Waals surface area contributed by atoms with Gasteiger partial charge in [0.1, 0.15) is 5.75 Å². The van der Waals surface area contributed by atoms with Crippen LogP contribution in [0.5, 0.6) is 5.75 Å². The van der Waals surface area contributed by atoms with Crippen molar-refractivity contribution in [2.45, 2.75) is 32.6 Å². The highest BCUT2D eigenvalue weighted by Gasteiger charge is 2.15. The minimum atomic E-state index is 0. The van der Waals surface area contributed by atoms with E-state index in [0.717, 1.165) is 43.7 Å².